The summed E-state index contributed by atoms with van der Waals surface area (Å²) >= 11 is 0. The largest absolute Gasteiger partial charge is 0.493 e. The van der Waals surface area contributed by atoms with Crippen molar-refractivity contribution < 1.29 is 32.2 Å². The van der Waals surface area contributed by atoms with Crippen molar-refractivity contribution in [2.75, 3.05) is 26.6 Å². The van der Waals surface area contributed by atoms with Gasteiger partial charge in [-0.25, -0.2) is 15.0 Å². The van der Waals surface area contributed by atoms with Crippen LogP contribution in [0.4, 0.5) is 24.7 Å². The maximum Gasteiger partial charge on any atom is 0.416 e. The highest BCUT2D eigenvalue weighted by atomic mass is 19.4. The van der Waals surface area contributed by atoms with E-state index in [9.17, 15) is 18.0 Å². The third kappa shape index (κ3) is 6.33. The van der Waals surface area contributed by atoms with Gasteiger partial charge in [-0.1, -0.05) is 24.3 Å². The van der Waals surface area contributed by atoms with E-state index in [0.29, 0.717) is 62.4 Å². The van der Waals surface area contributed by atoms with Crippen LogP contribution >= 0.6 is 0 Å². The van der Waals surface area contributed by atoms with Crippen LogP contribution < -0.4 is 24.8 Å². The van der Waals surface area contributed by atoms with Gasteiger partial charge in [-0.05, 0) is 42.7 Å². The molecule has 10 nitrogen and oxygen atoms in total. The van der Waals surface area contributed by atoms with Crippen LogP contribution in [0.25, 0.3) is 22.6 Å². The molecule has 13 heteroatoms. The maximum atomic E-state index is 13.1. The van der Waals surface area contributed by atoms with Gasteiger partial charge in [0.1, 0.15) is 0 Å². The van der Waals surface area contributed by atoms with E-state index in [4.69, 9.17) is 24.2 Å². The number of aromatic nitrogens is 4. The summed E-state index contributed by atoms with van der Waals surface area (Å²) in [7, 11) is 4.54. The molecule has 0 unspecified atom stereocenters. The second-order valence-electron chi connectivity index (χ2n) is 10.5. The fourth-order valence-corrected chi connectivity index (χ4v) is 4.83. The molecule has 0 atom stereocenters. The number of nitrogens with zero attached hydrogens (tertiary/aromatic N) is 4. The van der Waals surface area contributed by atoms with Crippen molar-refractivity contribution in [1.29, 1.82) is 0 Å². The standard InChI is InChI=1S/C32H29F3N6O4/c1-43-24-14-23(15-25(44-2)27(24)45-3)37-29-26-30(41(17-36-26)16-18-4-10-21(11-5-18)32(33,34)35)40-28(39-29)19-6-8-20(9-7-19)31(42)38-22-12-13-22/h4-11,14-15,17,22H,12-13,16H2,1-3H3,(H,38,42)(H,37,39,40). The Kier molecular flexibility index (Phi) is 7.92. The fraction of sp³-hybridized carbons (Fsp3) is 0.250. The number of imidazole rings is 1. The Morgan fingerprint density at radius 3 is 2.18 bits per heavy atom. The van der Waals surface area contributed by atoms with E-state index < -0.39 is 11.7 Å². The van der Waals surface area contributed by atoms with Crippen LogP contribution in [-0.2, 0) is 12.7 Å². The normalized spacial score (nSPS) is 13.0. The van der Waals surface area contributed by atoms with Gasteiger partial charge in [-0.15, -0.1) is 0 Å². The van der Waals surface area contributed by atoms with Crippen LogP contribution in [0.3, 0.4) is 0 Å². The van der Waals surface area contributed by atoms with Crippen molar-refractivity contribution >= 4 is 28.6 Å². The Morgan fingerprint density at radius 1 is 0.933 bits per heavy atom. The summed E-state index contributed by atoms with van der Waals surface area (Å²) in [4.78, 5) is 26.6. The number of halogens is 3. The Hall–Kier alpha value is -5.33. The number of fused-ring (bicyclic) bond motifs is 1. The Morgan fingerprint density at radius 2 is 1.60 bits per heavy atom. The molecule has 2 heterocycles. The molecule has 0 radical (unpaired) electrons. The van der Waals surface area contributed by atoms with Crippen molar-refractivity contribution in [3.05, 3.63) is 83.7 Å². The van der Waals surface area contributed by atoms with Crippen molar-refractivity contribution in [1.82, 2.24) is 24.8 Å². The maximum absolute atomic E-state index is 13.1. The molecule has 3 aromatic carbocycles. The van der Waals surface area contributed by atoms with Crippen molar-refractivity contribution in [2.24, 2.45) is 0 Å². The second kappa shape index (κ2) is 12.0. The van der Waals surface area contributed by atoms with E-state index >= 15 is 0 Å². The van der Waals surface area contributed by atoms with Crippen LogP contribution in [0, 0.1) is 0 Å². The number of carbonyl (C=O) groups is 1. The lowest BCUT2D eigenvalue weighted by atomic mass is 10.1. The number of benzene rings is 3. The van der Waals surface area contributed by atoms with Gasteiger partial charge >= 0.3 is 6.18 Å². The number of nitrogens with one attached hydrogen (secondary N) is 2. The van der Waals surface area contributed by atoms with Crippen LogP contribution in [-0.4, -0.2) is 52.8 Å². The predicted molar refractivity (Wildman–Crippen MR) is 161 cm³/mol. The van der Waals surface area contributed by atoms with E-state index in [1.54, 1.807) is 47.3 Å². The third-order valence-corrected chi connectivity index (χ3v) is 7.34. The number of amides is 1. The van der Waals surface area contributed by atoms with E-state index in [2.05, 4.69) is 15.6 Å². The van der Waals surface area contributed by atoms with Gasteiger partial charge in [0, 0.05) is 35.0 Å². The zero-order valence-electron chi connectivity index (χ0n) is 24.6. The molecule has 1 amide bonds. The molecule has 0 saturated heterocycles. The van der Waals surface area contributed by atoms with Gasteiger partial charge < -0.3 is 29.4 Å². The first kappa shape index (κ1) is 29.7. The van der Waals surface area contributed by atoms with Crippen molar-refractivity contribution in [2.45, 2.75) is 31.6 Å². The summed E-state index contributed by atoms with van der Waals surface area (Å²) in [6.07, 6.45) is -0.893. The highest BCUT2D eigenvalue weighted by Crippen LogP contribution is 2.41. The number of anilines is 2. The summed E-state index contributed by atoms with van der Waals surface area (Å²) < 4.78 is 57.5. The Balaban J connectivity index is 1.40. The fourth-order valence-electron chi connectivity index (χ4n) is 4.83. The highest BCUT2D eigenvalue weighted by molar-refractivity contribution is 5.95. The predicted octanol–water partition coefficient (Wildman–Crippen LogP) is 6.22. The lowest BCUT2D eigenvalue weighted by Crippen LogP contribution is -2.25. The third-order valence-electron chi connectivity index (χ3n) is 7.34. The zero-order chi connectivity index (χ0) is 31.7. The van der Waals surface area contributed by atoms with Crippen molar-refractivity contribution in [3.8, 4) is 28.6 Å². The quantitative estimate of drug-likeness (QED) is 0.190. The van der Waals surface area contributed by atoms with Gasteiger partial charge in [-0.3, -0.25) is 4.79 Å². The Labute approximate surface area is 256 Å². The van der Waals surface area contributed by atoms with E-state index in [1.807, 2.05) is 0 Å². The first-order valence-corrected chi connectivity index (χ1v) is 14.0. The smallest absolute Gasteiger partial charge is 0.416 e. The lowest BCUT2D eigenvalue weighted by Gasteiger charge is -2.15. The van der Waals surface area contributed by atoms with Crippen LogP contribution in [0.2, 0.25) is 0 Å². The Bertz CT molecular complexity index is 1830. The van der Waals surface area contributed by atoms with Crippen LogP contribution in [0.1, 0.15) is 34.3 Å². The summed E-state index contributed by atoms with van der Waals surface area (Å²) in [5, 5.41) is 6.26. The molecule has 5 aromatic rings. The summed E-state index contributed by atoms with van der Waals surface area (Å²) in [5.41, 5.74) is 2.53. The van der Waals surface area contributed by atoms with Gasteiger partial charge in [0.05, 0.1) is 39.8 Å². The first-order valence-electron chi connectivity index (χ1n) is 14.0. The number of ether oxygens (including phenoxy) is 3. The molecule has 0 spiro atoms. The van der Waals surface area contributed by atoms with E-state index in [1.165, 1.54) is 33.5 Å². The molecule has 6 rings (SSSR count). The molecular formula is C32H29F3N6O4. The number of methoxy groups -OCH3 is 3. The average Bonchev–Trinajstić information content (AvgIpc) is 3.77. The van der Waals surface area contributed by atoms with Crippen molar-refractivity contribution in [3.63, 3.8) is 0 Å². The summed E-state index contributed by atoms with van der Waals surface area (Å²) in [5.74, 6) is 1.85. The molecule has 45 heavy (non-hydrogen) atoms. The van der Waals surface area contributed by atoms with Crippen LogP contribution in [0.5, 0.6) is 17.2 Å². The minimum Gasteiger partial charge on any atom is -0.493 e. The minimum absolute atomic E-state index is 0.139. The molecule has 1 aliphatic rings. The second-order valence-corrected chi connectivity index (χ2v) is 10.5. The number of carbonyl (C=O) groups excluding carboxylic acids is 1. The number of hydrogen-bond donors (Lipinski definition) is 2. The van der Waals surface area contributed by atoms with Gasteiger partial charge in [0.15, 0.2) is 34.3 Å². The molecule has 1 aliphatic carbocycles. The molecule has 232 valence electrons. The van der Waals surface area contributed by atoms with Gasteiger partial charge in [-0.2, -0.15) is 13.2 Å². The molecule has 2 aromatic heterocycles. The molecule has 2 N–H and O–H groups in total. The SMILES string of the molecule is COc1cc(Nc2nc(-c3ccc(C(=O)NC4CC4)cc3)nc3c2ncn3Cc2ccc(C(F)(F)F)cc2)cc(OC)c1OC. The van der Waals surface area contributed by atoms with Crippen LogP contribution in [0.15, 0.2) is 67.0 Å². The monoisotopic (exact) mass is 618 g/mol. The van der Waals surface area contributed by atoms with E-state index in [-0.39, 0.29) is 18.5 Å². The minimum atomic E-state index is -4.43. The van der Waals surface area contributed by atoms with Gasteiger partial charge in [0.25, 0.3) is 5.91 Å². The molecular weight excluding hydrogens is 589 g/mol. The topological polar surface area (TPSA) is 112 Å². The van der Waals surface area contributed by atoms with Gasteiger partial charge in [0.2, 0.25) is 5.75 Å². The summed E-state index contributed by atoms with van der Waals surface area (Å²) in [6, 6.07) is 15.6. The zero-order valence-corrected chi connectivity index (χ0v) is 24.6. The highest BCUT2D eigenvalue weighted by Gasteiger charge is 2.30. The number of rotatable bonds is 10. The summed E-state index contributed by atoms with van der Waals surface area (Å²) in [6.45, 7) is 0.217. The molecule has 1 fully saturated rings. The number of alkyl halides is 3. The molecule has 0 bridgehead atoms. The number of hydrogen-bond acceptors (Lipinski definition) is 8. The first-order chi connectivity index (χ1) is 21.7. The van der Waals surface area contributed by atoms with E-state index in [0.717, 1.165) is 25.0 Å². The lowest BCUT2D eigenvalue weighted by molar-refractivity contribution is -0.137. The molecule has 0 aliphatic heterocycles. The molecule has 1 saturated carbocycles. The average molecular weight is 619 g/mol.